The van der Waals surface area contributed by atoms with Gasteiger partial charge in [-0.25, -0.2) is 0 Å². The molecule has 10 heteroatoms. The average molecular weight is 717 g/mol. The normalized spacial score (nSPS) is 26.1. The Balaban J connectivity index is 0.000000641. The third-order valence-electron chi connectivity index (χ3n) is 9.25. The number of ether oxygens (including phenoxy) is 4. The maximum absolute atomic E-state index is 5.98. The molecular weight excluding hydrogens is 641 g/mol. The summed E-state index contributed by atoms with van der Waals surface area (Å²) in [6.07, 6.45) is 20.2. The van der Waals surface area contributed by atoms with Gasteiger partial charge in [-0.3, -0.25) is 0 Å². The van der Waals surface area contributed by atoms with Crippen LogP contribution >= 0.6 is 0 Å². The topological polar surface area (TPSA) is 64.6 Å². The maximum Gasteiger partial charge on any atom is 0.183 e. The molecule has 278 valence electrons. The number of methoxy groups -OCH3 is 1. The third kappa shape index (κ3) is 27.6. The Morgan fingerprint density at radius 1 is 0.511 bits per heavy atom. The van der Waals surface area contributed by atoms with E-state index >= 15 is 0 Å². The first-order valence-corrected chi connectivity index (χ1v) is 25.9. The predicted molar refractivity (Wildman–Crippen MR) is 208 cm³/mol. The van der Waals surface area contributed by atoms with E-state index in [1.54, 1.807) is 33.0 Å². The van der Waals surface area contributed by atoms with E-state index in [9.17, 15) is 0 Å². The Bertz CT molecular complexity index is 711. The molecule has 0 aromatic heterocycles. The predicted octanol–water partition coefficient (Wildman–Crippen LogP) is 8.27. The summed E-state index contributed by atoms with van der Waals surface area (Å²) in [7, 11) is 1.94. The van der Waals surface area contributed by atoms with Gasteiger partial charge in [-0.1, -0.05) is 32.8 Å². The van der Waals surface area contributed by atoms with Crippen molar-refractivity contribution in [3.8, 4) is 0 Å². The van der Waals surface area contributed by atoms with E-state index in [-0.39, 0.29) is 19.5 Å². The van der Waals surface area contributed by atoms with Gasteiger partial charge in [-0.05, 0) is 132 Å². The first-order chi connectivity index (χ1) is 22.7. The highest BCUT2D eigenvalue weighted by atomic mass is 28.4. The zero-order chi connectivity index (χ0) is 35.2. The van der Waals surface area contributed by atoms with Crippen molar-refractivity contribution < 1.29 is 32.2 Å². The van der Waals surface area contributed by atoms with E-state index in [1.807, 2.05) is 0 Å². The molecule has 0 unspecified atom stereocenters. The second kappa shape index (κ2) is 31.1. The second-order valence-electron chi connectivity index (χ2n) is 14.3. The van der Waals surface area contributed by atoms with Crippen LogP contribution in [0.1, 0.15) is 77.0 Å². The first kappa shape index (κ1) is 46.1. The molecule has 0 aliphatic heterocycles. The molecule has 3 aliphatic carbocycles. The Morgan fingerprint density at radius 2 is 0.809 bits per heavy atom. The minimum atomic E-state index is -1.32. The molecule has 3 aliphatic rings. The summed E-state index contributed by atoms with van der Waals surface area (Å²) < 4.78 is 37.1. The molecule has 0 atom stereocenters. The molecule has 3 saturated carbocycles. The molecule has 0 N–H and O–H groups in total. The van der Waals surface area contributed by atoms with Crippen LogP contribution in [0.5, 0.6) is 0 Å². The van der Waals surface area contributed by atoms with Crippen LogP contribution in [-0.2, 0) is 32.2 Å². The Labute approximate surface area is 297 Å². The molecule has 0 radical (unpaired) electrons. The van der Waals surface area contributed by atoms with E-state index in [0.29, 0.717) is 0 Å². The molecule has 0 aromatic carbocycles. The lowest BCUT2D eigenvalue weighted by molar-refractivity contribution is 0.0974. The summed E-state index contributed by atoms with van der Waals surface area (Å²) in [4.78, 5) is 0. The lowest BCUT2D eigenvalue weighted by Crippen LogP contribution is -2.30. The van der Waals surface area contributed by atoms with E-state index in [2.05, 4.69) is 56.9 Å². The number of hydrogen-bond acceptors (Lipinski definition) is 7. The van der Waals surface area contributed by atoms with E-state index in [0.717, 1.165) is 75.1 Å². The highest BCUT2D eigenvalue weighted by molar-refractivity contribution is 6.69. The molecule has 3 rings (SSSR count). The van der Waals surface area contributed by atoms with Crippen LogP contribution in [0.15, 0.2) is 38.5 Å². The fourth-order valence-corrected chi connectivity index (χ4v) is 7.50. The molecule has 47 heavy (non-hydrogen) atoms. The van der Waals surface area contributed by atoms with Crippen LogP contribution in [0.2, 0.25) is 32.7 Å². The molecular formula is C37H76O7Si3. The molecule has 0 amide bonds. The standard InChI is InChI=1S/C13H26O2Si.C11H22O2Si.C11H20O2.C2H8OSi/c1-5-14-10-12-6-8-13(9-7-12)11-15-16(2,3)4;1-3-12-8-10-4-6-11(7-5-10)9-13-14-2;1-3-13-9-11-6-4-10(5-7-11)8-12-2;1-3-4-2/h5,12-13H,1,6-11H2,2-4H3;3,10-11H,1,4-9,14H2,2H3;3,10-11H,1,4-9H2,2H3;4H2,1-2H3. The maximum atomic E-state index is 5.98. The lowest BCUT2D eigenvalue weighted by Gasteiger charge is -2.30. The van der Waals surface area contributed by atoms with Crippen molar-refractivity contribution in [2.24, 2.45) is 35.5 Å². The van der Waals surface area contributed by atoms with Gasteiger partial charge in [0, 0.05) is 34.0 Å². The smallest absolute Gasteiger partial charge is 0.183 e. The summed E-state index contributed by atoms with van der Waals surface area (Å²) in [6, 6.07) is 0. The van der Waals surface area contributed by atoms with Crippen molar-refractivity contribution in [1.29, 1.82) is 0 Å². The van der Waals surface area contributed by atoms with Gasteiger partial charge in [-0.2, -0.15) is 0 Å². The van der Waals surface area contributed by atoms with Gasteiger partial charge in [0.1, 0.15) is 0 Å². The minimum absolute atomic E-state index is 0.0756. The number of hydrogen-bond donors (Lipinski definition) is 0. The van der Waals surface area contributed by atoms with Crippen LogP contribution in [0, 0.1) is 35.5 Å². The summed E-state index contributed by atoms with van der Waals surface area (Å²) in [5.74, 6) is 4.62. The fraction of sp³-hybridized carbons (Fsp3) is 0.838. The summed E-state index contributed by atoms with van der Waals surface area (Å²) in [5.41, 5.74) is 0. The second-order valence-corrected chi connectivity index (χ2v) is 20.9. The summed E-state index contributed by atoms with van der Waals surface area (Å²) in [6.45, 7) is 27.2. The monoisotopic (exact) mass is 716 g/mol. The Morgan fingerprint density at radius 3 is 1.06 bits per heavy atom. The van der Waals surface area contributed by atoms with Crippen LogP contribution in [0.25, 0.3) is 0 Å². The minimum Gasteiger partial charge on any atom is -0.502 e. The van der Waals surface area contributed by atoms with Gasteiger partial charge in [0.05, 0.1) is 38.6 Å². The van der Waals surface area contributed by atoms with Crippen molar-refractivity contribution in [2.45, 2.75) is 110 Å². The van der Waals surface area contributed by atoms with Gasteiger partial charge in [-0.15, -0.1) is 0 Å². The fourth-order valence-electron chi connectivity index (χ4n) is 6.19. The first-order valence-electron chi connectivity index (χ1n) is 18.5. The average Bonchev–Trinajstić information content (AvgIpc) is 3.09. The third-order valence-corrected chi connectivity index (χ3v) is 11.5. The summed E-state index contributed by atoms with van der Waals surface area (Å²) in [5, 5.41) is 0. The quantitative estimate of drug-likeness (QED) is 0.105. The van der Waals surface area contributed by atoms with Crippen molar-refractivity contribution >= 4 is 27.8 Å². The van der Waals surface area contributed by atoms with Crippen LogP contribution < -0.4 is 0 Å². The Kier molecular flexibility index (Phi) is 30.5. The van der Waals surface area contributed by atoms with E-state index in [1.165, 1.54) is 77.0 Å². The highest BCUT2D eigenvalue weighted by Gasteiger charge is 2.24. The van der Waals surface area contributed by atoms with Crippen molar-refractivity contribution in [1.82, 2.24) is 0 Å². The van der Waals surface area contributed by atoms with Crippen molar-refractivity contribution in [3.05, 3.63) is 38.5 Å². The number of rotatable bonds is 18. The van der Waals surface area contributed by atoms with Gasteiger partial charge in [0.2, 0.25) is 0 Å². The van der Waals surface area contributed by atoms with Crippen LogP contribution in [-0.4, -0.2) is 81.7 Å². The highest BCUT2D eigenvalue weighted by Crippen LogP contribution is 2.31. The largest absolute Gasteiger partial charge is 0.502 e. The molecule has 0 bridgehead atoms. The van der Waals surface area contributed by atoms with Gasteiger partial charge in [0.15, 0.2) is 27.8 Å². The Hall–Kier alpha value is -0.889. The molecule has 0 saturated heterocycles. The van der Waals surface area contributed by atoms with E-state index in [4.69, 9.17) is 27.8 Å². The zero-order valence-electron chi connectivity index (χ0n) is 31.8. The zero-order valence-corrected chi connectivity index (χ0v) is 35.6. The van der Waals surface area contributed by atoms with Crippen LogP contribution in [0.4, 0.5) is 0 Å². The van der Waals surface area contributed by atoms with Gasteiger partial charge < -0.3 is 32.2 Å². The van der Waals surface area contributed by atoms with Gasteiger partial charge in [0.25, 0.3) is 0 Å². The van der Waals surface area contributed by atoms with Gasteiger partial charge >= 0.3 is 0 Å². The molecule has 3 fully saturated rings. The SMILES string of the molecule is C=COCC1CCC(COC)CC1.C=COCC1CCC(CO[SiH2]C)CC1.C=COCC1CCC(CO[Si](C)(C)C)CC1.CO[SiH2]C. The molecule has 7 nitrogen and oxygen atoms in total. The van der Waals surface area contributed by atoms with Crippen molar-refractivity contribution in [2.75, 3.05) is 53.9 Å². The van der Waals surface area contributed by atoms with E-state index < -0.39 is 8.32 Å². The molecule has 0 spiro atoms. The molecule has 0 heterocycles. The molecule has 0 aromatic rings. The van der Waals surface area contributed by atoms with Crippen molar-refractivity contribution in [3.63, 3.8) is 0 Å². The van der Waals surface area contributed by atoms with Crippen LogP contribution in [0.3, 0.4) is 0 Å². The summed E-state index contributed by atoms with van der Waals surface area (Å²) >= 11 is 0. The lowest BCUT2D eigenvalue weighted by atomic mass is 9.83.